The maximum atomic E-state index is 12.6. The number of nitro benzene ring substituents is 1. The first-order valence-corrected chi connectivity index (χ1v) is 8.84. The molecule has 0 saturated heterocycles. The summed E-state index contributed by atoms with van der Waals surface area (Å²) in [5, 5.41) is 14.0. The van der Waals surface area contributed by atoms with Crippen molar-refractivity contribution in [2.45, 2.75) is 26.4 Å². The van der Waals surface area contributed by atoms with Crippen molar-refractivity contribution in [1.29, 1.82) is 0 Å². The van der Waals surface area contributed by atoms with Crippen LogP contribution < -0.4 is 10.9 Å². The molecule has 8 nitrogen and oxygen atoms in total. The first kappa shape index (κ1) is 19.2. The third-order valence-electron chi connectivity index (χ3n) is 4.48. The number of nitrogens with zero attached hydrogens (tertiary/aromatic N) is 3. The molecule has 1 amide bonds. The number of rotatable bonds is 6. The molecule has 0 spiro atoms. The largest absolute Gasteiger partial charge is 0.347 e. The van der Waals surface area contributed by atoms with Gasteiger partial charge in [-0.1, -0.05) is 44.2 Å². The lowest BCUT2D eigenvalue weighted by Gasteiger charge is -2.23. The minimum absolute atomic E-state index is 0.141. The van der Waals surface area contributed by atoms with E-state index in [-0.39, 0.29) is 41.0 Å². The second kappa shape index (κ2) is 7.99. The molecule has 1 aromatic heterocycles. The Hall–Kier alpha value is -3.55. The summed E-state index contributed by atoms with van der Waals surface area (Å²) in [6.07, 6.45) is 1.24. The molecular formula is C20H20N4O4. The van der Waals surface area contributed by atoms with Crippen molar-refractivity contribution in [1.82, 2.24) is 14.9 Å². The van der Waals surface area contributed by atoms with Gasteiger partial charge in [-0.15, -0.1) is 0 Å². The van der Waals surface area contributed by atoms with E-state index in [0.717, 1.165) is 5.56 Å². The van der Waals surface area contributed by atoms with Crippen LogP contribution in [0.15, 0.2) is 59.7 Å². The Balaban J connectivity index is 1.82. The molecule has 1 unspecified atom stereocenters. The number of hydrogen-bond donors (Lipinski definition) is 1. The zero-order valence-corrected chi connectivity index (χ0v) is 15.5. The Morgan fingerprint density at radius 1 is 1.21 bits per heavy atom. The molecule has 28 heavy (non-hydrogen) atoms. The topological polar surface area (TPSA) is 107 Å². The third-order valence-corrected chi connectivity index (χ3v) is 4.48. The maximum Gasteiger partial charge on any atom is 0.271 e. The van der Waals surface area contributed by atoms with Gasteiger partial charge in [0, 0.05) is 12.1 Å². The van der Waals surface area contributed by atoms with Gasteiger partial charge in [0.05, 0.1) is 28.2 Å². The fourth-order valence-electron chi connectivity index (χ4n) is 3.04. The second-order valence-corrected chi connectivity index (χ2v) is 6.84. The molecule has 3 rings (SSSR count). The first-order chi connectivity index (χ1) is 13.4. The van der Waals surface area contributed by atoms with Crippen LogP contribution in [0, 0.1) is 16.0 Å². The van der Waals surface area contributed by atoms with Crippen LogP contribution in [0.4, 0.5) is 5.69 Å². The number of benzene rings is 2. The molecule has 0 bridgehead atoms. The van der Waals surface area contributed by atoms with E-state index < -0.39 is 10.5 Å². The van der Waals surface area contributed by atoms with Crippen LogP contribution in [0.25, 0.3) is 10.9 Å². The zero-order valence-electron chi connectivity index (χ0n) is 15.5. The lowest BCUT2D eigenvalue weighted by molar-refractivity contribution is -0.384. The van der Waals surface area contributed by atoms with E-state index in [9.17, 15) is 19.7 Å². The molecular weight excluding hydrogens is 360 g/mol. The molecule has 3 aromatic rings. The van der Waals surface area contributed by atoms with Gasteiger partial charge < -0.3 is 5.32 Å². The molecule has 0 aliphatic heterocycles. The number of fused-ring (bicyclic) bond motifs is 1. The SMILES string of the molecule is CC(C)C(NC(=O)Cn1cnc2cc([N+](=O)[O-])ccc2c1=O)c1ccccc1. The molecule has 0 aliphatic rings. The quantitative estimate of drug-likeness (QED) is 0.523. The number of carbonyl (C=O) groups excluding carboxylic acids is 1. The lowest BCUT2D eigenvalue weighted by Crippen LogP contribution is -2.36. The van der Waals surface area contributed by atoms with Crippen LogP contribution >= 0.6 is 0 Å². The van der Waals surface area contributed by atoms with Crippen molar-refractivity contribution in [2.24, 2.45) is 5.92 Å². The molecule has 0 aliphatic carbocycles. The van der Waals surface area contributed by atoms with Crippen molar-refractivity contribution in [2.75, 3.05) is 0 Å². The van der Waals surface area contributed by atoms with Gasteiger partial charge in [-0.2, -0.15) is 0 Å². The molecule has 8 heteroatoms. The summed E-state index contributed by atoms with van der Waals surface area (Å²) in [5.41, 5.74) is 0.649. The minimum Gasteiger partial charge on any atom is -0.347 e. The Kier molecular flexibility index (Phi) is 5.49. The summed E-state index contributed by atoms with van der Waals surface area (Å²) in [5.74, 6) is -0.147. The Bertz CT molecular complexity index is 1080. The number of non-ortho nitro benzene ring substituents is 1. The highest BCUT2D eigenvalue weighted by atomic mass is 16.6. The summed E-state index contributed by atoms with van der Waals surface area (Å²) in [4.78, 5) is 39.6. The number of hydrogen-bond acceptors (Lipinski definition) is 5. The van der Waals surface area contributed by atoms with Crippen molar-refractivity contribution >= 4 is 22.5 Å². The fraction of sp³-hybridized carbons (Fsp3) is 0.250. The van der Waals surface area contributed by atoms with Gasteiger partial charge in [0.2, 0.25) is 5.91 Å². The lowest BCUT2D eigenvalue weighted by atomic mass is 9.96. The molecule has 1 atom stereocenters. The molecule has 0 radical (unpaired) electrons. The van der Waals surface area contributed by atoms with Crippen molar-refractivity contribution in [3.8, 4) is 0 Å². The van der Waals surface area contributed by atoms with Gasteiger partial charge in [0.25, 0.3) is 11.2 Å². The highest BCUT2D eigenvalue weighted by molar-refractivity contribution is 5.80. The van der Waals surface area contributed by atoms with E-state index in [1.807, 2.05) is 44.2 Å². The summed E-state index contributed by atoms with van der Waals surface area (Å²) < 4.78 is 1.20. The summed E-state index contributed by atoms with van der Waals surface area (Å²) in [6, 6.07) is 13.3. The average molecular weight is 380 g/mol. The van der Waals surface area contributed by atoms with Crippen LogP contribution in [-0.4, -0.2) is 20.4 Å². The number of aromatic nitrogens is 2. The Morgan fingerprint density at radius 3 is 2.57 bits per heavy atom. The van der Waals surface area contributed by atoms with Crippen molar-refractivity contribution < 1.29 is 9.72 Å². The number of nitro groups is 1. The predicted octanol–water partition coefficient (Wildman–Crippen LogP) is 2.82. The highest BCUT2D eigenvalue weighted by Gasteiger charge is 2.19. The monoisotopic (exact) mass is 380 g/mol. The van der Waals surface area contributed by atoms with Crippen molar-refractivity contribution in [3.05, 3.63) is 80.9 Å². The van der Waals surface area contributed by atoms with Crippen LogP contribution in [0.1, 0.15) is 25.5 Å². The molecule has 1 heterocycles. The van der Waals surface area contributed by atoms with E-state index in [0.29, 0.717) is 0 Å². The Morgan fingerprint density at radius 2 is 1.93 bits per heavy atom. The smallest absolute Gasteiger partial charge is 0.271 e. The maximum absolute atomic E-state index is 12.6. The van der Waals surface area contributed by atoms with Crippen LogP contribution in [-0.2, 0) is 11.3 Å². The third kappa shape index (κ3) is 4.06. The minimum atomic E-state index is -0.546. The molecule has 0 saturated carbocycles. The van der Waals surface area contributed by atoms with Gasteiger partial charge >= 0.3 is 0 Å². The highest BCUT2D eigenvalue weighted by Crippen LogP contribution is 2.21. The van der Waals surface area contributed by atoms with Gasteiger partial charge in [-0.3, -0.25) is 24.3 Å². The van der Waals surface area contributed by atoms with Gasteiger partial charge in [0.1, 0.15) is 6.54 Å². The molecule has 0 fully saturated rings. The van der Waals surface area contributed by atoms with Gasteiger partial charge in [-0.05, 0) is 17.5 Å². The van der Waals surface area contributed by atoms with E-state index in [2.05, 4.69) is 10.3 Å². The van der Waals surface area contributed by atoms with E-state index in [1.165, 1.54) is 29.1 Å². The summed E-state index contributed by atoms with van der Waals surface area (Å²) >= 11 is 0. The molecule has 144 valence electrons. The van der Waals surface area contributed by atoms with Gasteiger partial charge in [-0.25, -0.2) is 4.98 Å². The van der Waals surface area contributed by atoms with Crippen LogP contribution in [0.2, 0.25) is 0 Å². The van der Waals surface area contributed by atoms with E-state index >= 15 is 0 Å². The first-order valence-electron chi connectivity index (χ1n) is 8.84. The number of carbonyl (C=O) groups is 1. The average Bonchev–Trinajstić information content (AvgIpc) is 2.68. The van der Waals surface area contributed by atoms with Crippen molar-refractivity contribution in [3.63, 3.8) is 0 Å². The fourth-order valence-corrected chi connectivity index (χ4v) is 3.04. The van der Waals surface area contributed by atoms with Gasteiger partial charge in [0.15, 0.2) is 0 Å². The predicted molar refractivity (Wildman–Crippen MR) is 105 cm³/mol. The normalized spacial score (nSPS) is 12.1. The molecule has 1 N–H and O–H groups in total. The van der Waals surface area contributed by atoms with E-state index in [4.69, 9.17) is 0 Å². The number of amides is 1. The summed E-state index contributed by atoms with van der Waals surface area (Å²) in [7, 11) is 0. The summed E-state index contributed by atoms with van der Waals surface area (Å²) in [6.45, 7) is 3.83. The van der Waals surface area contributed by atoms with Crippen LogP contribution in [0.5, 0.6) is 0 Å². The van der Waals surface area contributed by atoms with E-state index in [1.54, 1.807) is 0 Å². The Labute approximate surface area is 161 Å². The number of nitrogens with one attached hydrogen (secondary N) is 1. The standard InChI is InChI=1S/C20H20N4O4/c1-13(2)19(14-6-4-3-5-7-14)22-18(25)11-23-12-21-17-10-15(24(27)28)8-9-16(17)20(23)26/h3-10,12-13,19H,11H2,1-2H3,(H,22,25). The zero-order chi connectivity index (χ0) is 20.3. The van der Waals surface area contributed by atoms with Crippen LogP contribution in [0.3, 0.4) is 0 Å². The molecule has 2 aromatic carbocycles. The second-order valence-electron chi connectivity index (χ2n) is 6.84.